The van der Waals surface area contributed by atoms with Gasteiger partial charge in [-0.25, -0.2) is 4.39 Å². The molecule has 3 heteroatoms. The molecule has 0 aliphatic heterocycles. The molecule has 0 heterocycles. The minimum atomic E-state index is -0.331. The maximum absolute atomic E-state index is 13.2. The minimum absolute atomic E-state index is 0.0215. The third-order valence-electron chi connectivity index (χ3n) is 3.22. The normalized spacial score (nSPS) is 18.3. The first kappa shape index (κ1) is 10.4. The highest BCUT2D eigenvalue weighted by Gasteiger charge is 2.25. The zero-order valence-electron chi connectivity index (χ0n) is 8.87. The number of hydrogen-bond donors (Lipinski definition) is 1. The first-order valence-corrected chi connectivity index (χ1v) is 5.31. The predicted molar refractivity (Wildman–Crippen MR) is 57.2 cm³/mol. The second-order valence-electron chi connectivity index (χ2n) is 4.11. The van der Waals surface area contributed by atoms with Gasteiger partial charge in [0, 0.05) is 6.04 Å². The van der Waals surface area contributed by atoms with E-state index in [1.165, 1.54) is 32.4 Å². The van der Waals surface area contributed by atoms with Gasteiger partial charge in [0.05, 0.1) is 7.11 Å². The zero-order valence-corrected chi connectivity index (χ0v) is 8.87. The molecule has 1 fully saturated rings. The molecule has 1 aromatic rings. The Morgan fingerprint density at radius 1 is 1.47 bits per heavy atom. The molecule has 2 rings (SSSR count). The molecule has 1 atom stereocenters. The average Bonchev–Trinajstić information content (AvgIpc) is 2.15. The van der Waals surface area contributed by atoms with E-state index < -0.39 is 0 Å². The molecular formula is C12H16FNO. The van der Waals surface area contributed by atoms with Crippen LogP contribution < -0.4 is 10.5 Å². The van der Waals surface area contributed by atoms with Crippen molar-refractivity contribution in [3.05, 3.63) is 29.6 Å². The van der Waals surface area contributed by atoms with E-state index in [1.54, 1.807) is 12.1 Å². The van der Waals surface area contributed by atoms with E-state index in [4.69, 9.17) is 10.5 Å². The van der Waals surface area contributed by atoms with E-state index in [0.29, 0.717) is 5.92 Å². The highest BCUT2D eigenvalue weighted by atomic mass is 19.1. The molecule has 1 aromatic carbocycles. The highest BCUT2D eigenvalue weighted by molar-refractivity contribution is 5.32. The standard InChI is InChI=1S/C12H16FNO/c1-15-11-7-9(5-6-10(11)13)12(14)8-3-2-4-8/h5-8,12H,2-4,14H2,1H3/t12-/m1/s1. The van der Waals surface area contributed by atoms with Crippen molar-refractivity contribution in [2.45, 2.75) is 25.3 Å². The van der Waals surface area contributed by atoms with Crippen LogP contribution in [-0.4, -0.2) is 7.11 Å². The molecule has 0 aromatic heterocycles. The highest BCUT2D eigenvalue weighted by Crippen LogP contribution is 2.37. The summed E-state index contributed by atoms with van der Waals surface area (Å²) in [6, 6.07) is 4.90. The van der Waals surface area contributed by atoms with Gasteiger partial charge in [-0.2, -0.15) is 0 Å². The fourth-order valence-corrected chi connectivity index (χ4v) is 1.95. The Bertz CT molecular complexity index is 349. The van der Waals surface area contributed by atoms with Crippen molar-refractivity contribution in [1.29, 1.82) is 0 Å². The zero-order chi connectivity index (χ0) is 10.8. The number of methoxy groups -OCH3 is 1. The fourth-order valence-electron chi connectivity index (χ4n) is 1.95. The van der Waals surface area contributed by atoms with E-state index in [1.807, 2.05) is 0 Å². The molecule has 1 saturated carbocycles. The Balaban J connectivity index is 2.20. The lowest BCUT2D eigenvalue weighted by atomic mass is 9.77. The van der Waals surface area contributed by atoms with Crippen LogP contribution in [-0.2, 0) is 0 Å². The van der Waals surface area contributed by atoms with Gasteiger partial charge in [-0.1, -0.05) is 12.5 Å². The molecule has 0 saturated heterocycles. The van der Waals surface area contributed by atoms with Crippen molar-refractivity contribution in [3.63, 3.8) is 0 Å². The first-order valence-electron chi connectivity index (χ1n) is 5.31. The van der Waals surface area contributed by atoms with E-state index in [-0.39, 0.29) is 17.6 Å². The number of benzene rings is 1. The lowest BCUT2D eigenvalue weighted by Gasteiger charge is -2.31. The van der Waals surface area contributed by atoms with Gasteiger partial charge >= 0.3 is 0 Å². The Morgan fingerprint density at radius 2 is 2.20 bits per heavy atom. The predicted octanol–water partition coefficient (Wildman–Crippen LogP) is 2.63. The molecule has 1 aliphatic carbocycles. The lowest BCUT2D eigenvalue weighted by Crippen LogP contribution is -2.26. The molecule has 0 unspecified atom stereocenters. The second-order valence-corrected chi connectivity index (χ2v) is 4.11. The van der Waals surface area contributed by atoms with E-state index in [2.05, 4.69) is 0 Å². The van der Waals surface area contributed by atoms with Crippen LogP contribution >= 0.6 is 0 Å². The summed E-state index contributed by atoms with van der Waals surface area (Å²) >= 11 is 0. The summed E-state index contributed by atoms with van der Waals surface area (Å²) in [6.45, 7) is 0. The molecule has 2 nitrogen and oxygen atoms in total. The summed E-state index contributed by atoms with van der Waals surface area (Å²) in [5.74, 6) is 0.504. The molecular weight excluding hydrogens is 193 g/mol. The summed E-state index contributed by atoms with van der Waals surface area (Å²) in [4.78, 5) is 0. The Labute approximate surface area is 89.2 Å². The molecule has 0 radical (unpaired) electrons. The van der Waals surface area contributed by atoms with Crippen molar-refractivity contribution < 1.29 is 9.13 Å². The van der Waals surface area contributed by atoms with Crippen LogP contribution in [0.15, 0.2) is 18.2 Å². The summed E-state index contributed by atoms with van der Waals surface area (Å²) in [6.07, 6.45) is 3.62. The Morgan fingerprint density at radius 3 is 2.73 bits per heavy atom. The van der Waals surface area contributed by atoms with Crippen molar-refractivity contribution in [1.82, 2.24) is 0 Å². The first-order chi connectivity index (χ1) is 7.22. The molecule has 0 amide bonds. The van der Waals surface area contributed by atoms with E-state index >= 15 is 0 Å². The van der Waals surface area contributed by atoms with Crippen LogP contribution in [0.2, 0.25) is 0 Å². The van der Waals surface area contributed by atoms with Gasteiger partial charge < -0.3 is 10.5 Å². The van der Waals surface area contributed by atoms with Crippen LogP contribution in [0.25, 0.3) is 0 Å². The molecule has 1 aliphatic rings. The van der Waals surface area contributed by atoms with Gasteiger partial charge in [-0.15, -0.1) is 0 Å². The van der Waals surface area contributed by atoms with Gasteiger partial charge in [0.1, 0.15) is 0 Å². The van der Waals surface area contributed by atoms with Gasteiger partial charge in [0.2, 0.25) is 0 Å². The maximum atomic E-state index is 13.2. The van der Waals surface area contributed by atoms with Gasteiger partial charge in [0.25, 0.3) is 0 Å². The smallest absolute Gasteiger partial charge is 0.165 e. The van der Waals surface area contributed by atoms with Crippen LogP contribution in [0.3, 0.4) is 0 Å². The van der Waals surface area contributed by atoms with Crippen molar-refractivity contribution in [3.8, 4) is 5.75 Å². The number of rotatable bonds is 3. The average molecular weight is 209 g/mol. The second kappa shape index (κ2) is 4.19. The molecule has 15 heavy (non-hydrogen) atoms. The lowest BCUT2D eigenvalue weighted by molar-refractivity contribution is 0.263. The molecule has 2 N–H and O–H groups in total. The molecule has 0 spiro atoms. The number of halogens is 1. The SMILES string of the molecule is COc1cc([C@H](N)C2CCC2)ccc1F. The number of hydrogen-bond acceptors (Lipinski definition) is 2. The van der Waals surface area contributed by atoms with Crippen LogP contribution in [0.4, 0.5) is 4.39 Å². The summed E-state index contributed by atoms with van der Waals surface area (Å²) in [5.41, 5.74) is 7.07. The minimum Gasteiger partial charge on any atom is -0.494 e. The number of nitrogens with two attached hydrogens (primary N) is 1. The van der Waals surface area contributed by atoms with Gasteiger partial charge in [-0.3, -0.25) is 0 Å². The quantitative estimate of drug-likeness (QED) is 0.830. The Kier molecular flexibility index (Phi) is 2.91. The van der Waals surface area contributed by atoms with Gasteiger partial charge in [-0.05, 0) is 36.5 Å². The summed E-state index contributed by atoms with van der Waals surface area (Å²) < 4.78 is 18.1. The monoisotopic (exact) mass is 209 g/mol. The van der Waals surface area contributed by atoms with Crippen LogP contribution in [0.5, 0.6) is 5.75 Å². The van der Waals surface area contributed by atoms with E-state index in [0.717, 1.165) is 5.56 Å². The van der Waals surface area contributed by atoms with Crippen molar-refractivity contribution in [2.24, 2.45) is 11.7 Å². The number of ether oxygens (including phenoxy) is 1. The third-order valence-corrected chi connectivity index (χ3v) is 3.22. The Hall–Kier alpha value is -1.09. The van der Waals surface area contributed by atoms with Gasteiger partial charge in [0.15, 0.2) is 11.6 Å². The van der Waals surface area contributed by atoms with Crippen molar-refractivity contribution in [2.75, 3.05) is 7.11 Å². The third kappa shape index (κ3) is 1.97. The maximum Gasteiger partial charge on any atom is 0.165 e. The van der Waals surface area contributed by atoms with E-state index in [9.17, 15) is 4.39 Å². The summed E-state index contributed by atoms with van der Waals surface area (Å²) in [7, 11) is 1.47. The summed E-state index contributed by atoms with van der Waals surface area (Å²) in [5, 5.41) is 0. The van der Waals surface area contributed by atoms with Crippen molar-refractivity contribution >= 4 is 0 Å². The van der Waals surface area contributed by atoms with Crippen LogP contribution in [0, 0.1) is 11.7 Å². The molecule has 0 bridgehead atoms. The molecule has 82 valence electrons. The largest absolute Gasteiger partial charge is 0.494 e. The topological polar surface area (TPSA) is 35.2 Å². The fraction of sp³-hybridized carbons (Fsp3) is 0.500. The van der Waals surface area contributed by atoms with Crippen LogP contribution in [0.1, 0.15) is 30.9 Å².